The third kappa shape index (κ3) is 6.90. The van der Waals surface area contributed by atoms with Gasteiger partial charge in [-0.1, -0.05) is 23.2 Å². The number of benzene rings is 1. The molecule has 0 saturated carbocycles. The van der Waals surface area contributed by atoms with Crippen LogP contribution in [0.1, 0.15) is 79.8 Å². The highest BCUT2D eigenvalue weighted by Crippen LogP contribution is 2.16. The summed E-state index contributed by atoms with van der Waals surface area (Å²) in [6.45, 7) is 7.68. The van der Waals surface area contributed by atoms with Gasteiger partial charge < -0.3 is 18.9 Å². The largest absolute Gasteiger partial charge is 0.465 e. The van der Waals surface area contributed by atoms with E-state index in [0.29, 0.717) is 42.2 Å². The number of aliphatic hydroxyl groups excluding tert-OH is 1. The molecule has 0 aliphatic carbocycles. The van der Waals surface area contributed by atoms with Crippen molar-refractivity contribution in [2.45, 2.75) is 53.2 Å². The van der Waals surface area contributed by atoms with Gasteiger partial charge in [0.15, 0.2) is 5.78 Å². The number of aromatic nitrogens is 3. The third-order valence-electron chi connectivity index (χ3n) is 4.94. The predicted octanol–water partition coefficient (Wildman–Crippen LogP) is 3.92. The number of ether oxygens (including phenoxy) is 1. The molecule has 178 valence electrons. The Bertz CT molecular complexity index is 1190. The van der Waals surface area contributed by atoms with Gasteiger partial charge in [-0.3, -0.25) is 9.59 Å². The molecule has 34 heavy (non-hydrogen) atoms. The first-order chi connectivity index (χ1) is 16.1. The Morgan fingerprint density at radius 2 is 1.94 bits per heavy atom. The van der Waals surface area contributed by atoms with Crippen LogP contribution in [0.3, 0.4) is 0 Å². The lowest BCUT2D eigenvalue weighted by Crippen LogP contribution is -2.23. The van der Waals surface area contributed by atoms with E-state index in [1.807, 2.05) is 0 Å². The molecule has 0 aliphatic rings. The van der Waals surface area contributed by atoms with Crippen molar-refractivity contribution in [1.82, 2.24) is 14.7 Å². The zero-order chi connectivity index (χ0) is 24.7. The van der Waals surface area contributed by atoms with Crippen molar-refractivity contribution >= 4 is 11.8 Å². The van der Waals surface area contributed by atoms with E-state index in [1.165, 1.54) is 0 Å². The Hall–Kier alpha value is -3.70. The van der Waals surface area contributed by atoms with Crippen molar-refractivity contribution < 1.29 is 24.0 Å². The van der Waals surface area contributed by atoms with Crippen molar-refractivity contribution in [1.29, 1.82) is 0 Å². The molecule has 0 radical (unpaired) electrons. The number of hydrogen-bond acceptors (Lipinski definition) is 7. The molecule has 1 atom stereocenters. The number of hydrogen-bond donors (Lipinski definition) is 1. The molecule has 3 rings (SSSR count). The van der Waals surface area contributed by atoms with Gasteiger partial charge in [0.25, 0.3) is 0 Å². The molecule has 0 spiro atoms. The first-order valence-corrected chi connectivity index (χ1v) is 11.1. The minimum atomic E-state index is -0.679. The summed E-state index contributed by atoms with van der Waals surface area (Å²) in [7, 11) is 0. The van der Waals surface area contributed by atoms with Crippen LogP contribution in [0, 0.1) is 17.3 Å². The number of rotatable bonds is 8. The van der Waals surface area contributed by atoms with E-state index in [0.717, 1.165) is 5.56 Å². The van der Waals surface area contributed by atoms with Crippen molar-refractivity contribution in [3.8, 4) is 11.8 Å². The lowest BCUT2D eigenvalue weighted by molar-refractivity contribution is -0.153. The molecule has 1 aromatic carbocycles. The predicted molar refractivity (Wildman–Crippen MR) is 125 cm³/mol. The van der Waals surface area contributed by atoms with Crippen LogP contribution < -0.4 is 0 Å². The highest BCUT2D eigenvalue weighted by atomic mass is 16.5. The van der Waals surface area contributed by atoms with Gasteiger partial charge in [0.2, 0.25) is 5.76 Å². The van der Waals surface area contributed by atoms with E-state index in [-0.39, 0.29) is 18.4 Å². The quantitative estimate of drug-likeness (QED) is 0.233. The summed E-state index contributed by atoms with van der Waals surface area (Å²) in [6.07, 6.45) is 3.50. The summed E-state index contributed by atoms with van der Waals surface area (Å²) in [4.78, 5) is 28.2. The molecule has 2 heterocycles. The average molecular weight is 464 g/mol. The number of aliphatic hydroxyl groups is 1. The molecule has 0 bridgehead atoms. The topological polar surface area (TPSA) is 107 Å². The molecule has 3 aromatic rings. The second-order valence-corrected chi connectivity index (χ2v) is 9.01. The summed E-state index contributed by atoms with van der Waals surface area (Å²) in [5.74, 6) is 6.61. The van der Waals surface area contributed by atoms with E-state index in [4.69, 9.17) is 9.26 Å². The second-order valence-electron chi connectivity index (χ2n) is 9.01. The fourth-order valence-electron chi connectivity index (χ4n) is 3.07. The zero-order valence-corrected chi connectivity index (χ0v) is 19.9. The normalized spacial score (nSPS) is 12.0. The maximum Gasteiger partial charge on any atom is 0.311 e. The van der Waals surface area contributed by atoms with Crippen LogP contribution in [0.25, 0.3) is 0 Å². The van der Waals surface area contributed by atoms with Gasteiger partial charge in [-0.15, -0.1) is 0 Å². The van der Waals surface area contributed by atoms with Crippen LogP contribution in [0.2, 0.25) is 0 Å². The van der Waals surface area contributed by atoms with E-state index >= 15 is 0 Å². The van der Waals surface area contributed by atoms with Gasteiger partial charge in [0.05, 0.1) is 18.6 Å². The second kappa shape index (κ2) is 10.9. The highest BCUT2D eigenvalue weighted by Gasteiger charge is 2.22. The Morgan fingerprint density at radius 3 is 2.62 bits per heavy atom. The highest BCUT2D eigenvalue weighted by molar-refractivity contribution is 5.96. The molecular weight excluding hydrogens is 434 g/mol. The lowest BCUT2D eigenvalue weighted by Gasteiger charge is -2.16. The molecule has 0 amide bonds. The Morgan fingerprint density at radius 1 is 1.21 bits per heavy atom. The fraction of sp³-hybridized carbons (Fsp3) is 0.385. The van der Waals surface area contributed by atoms with E-state index in [9.17, 15) is 14.7 Å². The smallest absolute Gasteiger partial charge is 0.311 e. The monoisotopic (exact) mass is 463 g/mol. The molecule has 1 unspecified atom stereocenters. The Balaban J connectivity index is 1.52. The van der Waals surface area contributed by atoms with Crippen LogP contribution in [-0.2, 0) is 16.1 Å². The van der Waals surface area contributed by atoms with Crippen LogP contribution >= 0.6 is 0 Å². The molecular formula is C26H29N3O5. The van der Waals surface area contributed by atoms with E-state index in [1.54, 1.807) is 75.0 Å². The van der Waals surface area contributed by atoms with Crippen LogP contribution in [0.15, 0.2) is 47.2 Å². The number of carbonyl (C=O) groups excluding carboxylic acids is 2. The zero-order valence-electron chi connectivity index (χ0n) is 19.9. The average Bonchev–Trinajstić information content (AvgIpc) is 3.44. The number of imidazole rings is 1. The van der Waals surface area contributed by atoms with Crippen LogP contribution in [-0.4, -0.2) is 38.2 Å². The minimum absolute atomic E-state index is 0.0118. The van der Waals surface area contributed by atoms with Gasteiger partial charge >= 0.3 is 5.97 Å². The van der Waals surface area contributed by atoms with Crippen LogP contribution in [0.4, 0.5) is 0 Å². The SMILES string of the molecule is CC(O)c1nccn1Cc1cc(C#Cc2ccc(C(=O)CCCOC(=O)C(C)(C)C)cc2)on1. The summed E-state index contributed by atoms with van der Waals surface area (Å²) in [5, 5.41) is 13.8. The maximum absolute atomic E-state index is 12.4. The number of nitrogens with zero attached hydrogens (tertiary/aromatic N) is 3. The number of carbonyl (C=O) groups is 2. The van der Waals surface area contributed by atoms with Crippen molar-refractivity contribution in [2.24, 2.45) is 5.41 Å². The lowest BCUT2D eigenvalue weighted by atomic mass is 9.97. The summed E-state index contributed by atoms with van der Waals surface area (Å²) in [6, 6.07) is 8.75. The first-order valence-electron chi connectivity index (χ1n) is 11.1. The number of esters is 1. The summed E-state index contributed by atoms with van der Waals surface area (Å²) in [5.41, 5.74) is 1.44. The first kappa shape index (κ1) is 24.9. The summed E-state index contributed by atoms with van der Waals surface area (Å²) < 4.78 is 12.3. The maximum atomic E-state index is 12.4. The van der Waals surface area contributed by atoms with Crippen molar-refractivity contribution in [2.75, 3.05) is 6.61 Å². The van der Waals surface area contributed by atoms with Crippen molar-refractivity contribution in [3.63, 3.8) is 0 Å². The molecule has 8 heteroatoms. The molecule has 2 aromatic heterocycles. The van der Waals surface area contributed by atoms with Crippen LogP contribution in [0.5, 0.6) is 0 Å². The molecule has 0 aliphatic heterocycles. The van der Waals surface area contributed by atoms with Gasteiger partial charge in [-0.2, -0.15) is 0 Å². The fourth-order valence-corrected chi connectivity index (χ4v) is 3.07. The Kier molecular flexibility index (Phi) is 8.03. The number of Topliss-reactive ketones (excluding diaryl/α,β-unsaturated/α-hetero) is 1. The third-order valence-corrected chi connectivity index (χ3v) is 4.94. The van der Waals surface area contributed by atoms with Gasteiger partial charge in [0, 0.05) is 36.0 Å². The Labute approximate surface area is 198 Å². The van der Waals surface area contributed by atoms with Crippen molar-refractivity contribution in [3.05, 3.63) is 71.1 Å². The van der Waals surface area contributed by atoms with Gasteiger partial charge in [0.1, 0.15) is 17.6 Å². The summed E-state index contributed by atoms with van der Waals surface area (Å²) >= 11 is 0. The molecule has 0 saturated heterocycles. The molecule has 0 fully saturated rings. The molecule has 1 N–H and O–H groups in total. The van der Waals surface area contributed by atoms with E-state index in [2.05, 4.69) is 22.0 Å². The van der Waals surface area contributed by atoms with E-state index < -0.39 is 11.5 Å². The standard InChI is InChI=1S/C26H29N3O5/c1-18(30)24-27-13-14-29(24)17-21-16-22(34-28-21)12-9-19-7-10-20(11-8-19)23(31)6-5-15-33-25(32)26(2,3)4/h7-8,10-11,13-14,16,18,30H,5-6,15,17H2,1-4H3. The van der Waals surface area contributed by atoms with Gasteiger partial charge in [-0.05, 0) is 52.2 Å². The molecule has 8 nitrogen and oxygen atoms in total. The minimum Gasteiger partial charge on any atom is -0.465 e. The number of ketones is 1. The van der Waals surface area contributed by atoms with Gasteiger partial charge in [-0.25, -0.2) is 4.98 Å².